The predicted molar refractivity (Wildman–Crippen MR) is 100 cm³/mol. The highest BCUT2D eigenvalue weighted by Crippen LogP contribution is 2.33. The quantitative estimate of drug-likeness (QED) is 0.649. The van der Waals surface area contributed by atoms with Crippen LogP contribution in [0.25, 0.3) is 0 Å². The number of nitrogens with one attached hydrogen (secondary N) is 1. The summed E-state index contributed by atoms with van der Waals surface area (Å²) in [6, 6.07) is 13.1. The summed E-state index contributed by atoms with van der Waals surface area (Å²) in [5.41, 5.74) is 1.49. The number of thioether (sulfide) groups is 1. The SMILES string of the molecule is CCSc1cccc(C(=O)Nc2nnc(Cc3ccc4c(c3)OCO4)o2)c1. The number of ether oxygens (including phenoxy) is 2. The Morgan fingerprint density at radius 3 is 2.93 bits per heavy atom. The van der Waals surface area contributed by atoms with Gasteiger partial charge in [0.2, 0.25) is 12.7 Å². The minimum atomic E-state index is -0.285. The number of anilines is 1. The molecule has 2 aromatic carbocycles. The van der Waals surface area contributed by atoms with Gasteiger partial charge >= 0.3 is 6.01 Å². The molecule has 0 spiro atoms. The van der Waals surface area contributed by atoms with Crippen molar-refractivity contribution in [2.75, 3.05) is 17.9 Å². The van der Waals surface area contributed by atoms with Crippen LogP contribution in [-0.2, 0) is 6.42 Å². The van der Waals surface area contributed by atoms with Crippen LogP contribution in [0, 0.1) is 0 Å². The van der Waals surface area contributed by atoms with Gasteiger partial charge in [-0.15, -0.1) is 16.9 Å². The summed E-state index contributed by atoms with van der Waals surface area (Å²) in [5.74, 6) is 2.48. The van der Waals surface area contributed by atoms with Gasteiger partial charge in [0.05, 0.1) is 6.42 Å². The third-order valence-corrected chi connectivity index (χ3v) is 4.76. The van der Waals surface area contributed by atoms with E-state index in [0.29, 0.717) is 23.6 Å². The van der Waals surface area contributed by atoms with Gasteiger partial charge in [-0.3, -0.25) is 10.1 Å². The van der Waals surface area contributed by atoms with Crippen LogP contribution in [0.5, 0.6) is 11.5 Å². The number of amides is 1. The van der Waals surface area contributed by atoms with Gasteiger partial charge in [0.1, 0.15) is 0 Å². The smallest absolute Gasteiger partial charge is 0.322 e. The highest BCUT2D eigenvalue weighted by molar-refractivity contribution is 7.99. The number of carbonyl (C=O) groups is 1. The number of hydrogen-bond donors (Lipinski definition) is 1. The second-order valence-corrected chi connectivity index (χ2v) is 7.12. The molecule has 138 valence electrons. The number of hydrogen-bond acceptors (Lipinski definition) is 7. The lowest BCUT2D eigenvalue weighted by molar-refractivity contribution is 0.102. The minimum absolute atomic E-state index is 0.0734. The average molecular weight is 383 g/mol. The maximum atomic E-state index is 12.4. The van der Waals surface area contributed by atoms with Crippen molar-refractivity contribution in [2.45, 2.75) is 18.2 Å². The molecule has 0 aliphatic carbocycles. The molecule has 0 saturated heterocycles. The van der Waals surface area contributed by atoms with Gasteiger partial charge in [-0.25, -0.2) is 0 Å². The van der Waals surface area contributed by atoms with Crippen molar-refractivity contribution >= 4 is 23.7 Å². The van der Waals surface area contributed by atoms with Crippen LogP contribution in [-0.4, -0.2) is 28.7 Å². The summed E-state index contributed by atoms with van der Waals surface area (Å²) in [5, 5.41) is 10.5. The van der Waals surface area contributed by atoms with Gasteiger partial charge in [0.25, 0.3) is 5.91 Å². The minimum Gasteiger partial charge on any atom is -0.454 e. The van der Waals surface area contributed by atoms with E-state index >= 15 is 0 Å². The van der Waals surface area contributed by atoms with Crippen LogP contribution in [0.4, 0.5) is 6.01 Å². The first-order chi connectivity index (χ1) is 13.2. The maximum absolute atomic E-state index is 12.4. The first kappa shape index (κ1) is 17.4. The summed E-state index contributed by atoms with van der Waals surface area (Å²) in [7, 11) is 0. The Kier molecular flexibility index (Phi) is 4.97. The number of rotatable bonds is 6. The molecule has 0 fully saturated rings. The number of nitrogens with zero attached hydrogens (tertiary/aromatic N) is 2. The topological polar surface area (TPSA) is 86.5 Å². The highest BCUT2D eigenvalue weighted by atomic mass is 32.2. The molecule has 0 atom stereocenters. The standard InChI is InChI=1S/C19H17N3O4S/c1-2-27-14-5-3-4-13(10-14)18(23)20-19-22-21-17(26-19)9-12-6-7-15-16(8-12)25-11-24-15/h3-8,10H,2,9,11H2,1H3,(H,20,22,23). The fourth-order valence-electron chi connectivity index (χ4n) is 2.66. The Bertz CT molecular complexity index is 973. The molecular weight excluding hydrogens is 366 g/mol. The highest BCUT2D eigenvalue weighted by Gasteiger charge is 2.16. The van der Waals surface area contributed by atoms with Gasteiger partial charge in [0, 0.05) is 10.5 Å². The zero-order valence-electron chi connectivity index (χ0n) is 14.6. The number of fused-ring (bicyclic) bond motifs is 1. The monoisotopic (exact) mass is 383 g/mol. The molecule has 4 rings (SSSR count). The number of carbonyl (C=O) groups excluding carboxylic acids is 1. The van der Waals surface area contributed by atoms with Crippen molar-refractivity contribution in [3.05, 3.63) is 59.5 Å². The van der Waals surface area contributed by atoms with E-state index in [1.165, 1.54) is 0 Å². The first-order valence-corrected chi connectivity index (χ1v) is 9.45. The molecule has 7 nitrogen and oxygen atoms in total. The summed E-state index contributed by atoms with van der Waals surface area (Å²) >= 11 is 1.68. The Balaban J connectivity index is 1.42. The van der Waals surface area contributed by atoms with E-state index < -0.39 is 0 Å². The van der Waals surface area contributed by atoms with E-state index in [1.807, 2.05) is 36.4 Å². The van der Waals surface area contributed by atoms with Crippen LogP contribution in [0.15, 0.2) is 51.8 Å². The van der Waals surface area contributed by atoms with Crippen LogP contribution in [0.2, 0.25) is 0 Å². The molecule has 1 aromatic heterocycles. The molecule has 1 N–H and O–H groups in total. The Morgan fingerprint density at radius 1 is 1.15 bits per heavy atom. The van der Waals surface area contributed by atoms with Gasteiger partial charge in [0.15, 0.2) is 11.5 Å². The fourth-order valence-corrected chi connectivity index (χ4v) is 3.38. The zero-order valence-corrected chi connectivity index (χ0v) is 15.4. The van der Waals surface area contributed by atoms with Crippen molar-refractivity contribution in [1.29, 1.82) is 0 Å². The van der Waals surface area contributed by atoms with Crippen LogP contribution >= 0.6 is 11.8 Å². The lowest BCUT2D eigenvalue weighted by Gasteiger charge is -2.03. The van der Waals surface area contributed by atoms with Crippen molar-refractivity contribution in [3.8, 4) is 11.5 Å². The van der Waals surface area contributed by atoms with Crippen molar-refractivity contribution in [2.24, 2.45) is 0 Å². The molecular formula is C19H17N3O4S. The fraction of sp³-hybridized carbons (Fsp3) is 0.211. The van der Waals surface area contributed by atoms with Crippen LogP contribution in [0.1, 0.15) is 28.7 Å². The second kappa shape index (κ2) is 7.71. The van der Waals surface area contributed by atoms with Crippen LogP contribution < -0.4 is 14.8 Å². The maximum Gasteiger partial charge on any atom is 0.322 e. The molecule has 0 saturated carbocycles. The van der Waals surface area contributed by atoms with Crippen LogP contribution in [0.3, 0.4) is 0 Å². The van der Waals surface area contributed by atoms with Gasteiger partial charge in [-0.2, -0.15) is 0 Å². The molecule has 0 bridgehead atoms. The Morgan fingerprint density at radius 2 is 2.04 bits per heavy atom. The van der Waals surface area contributed by atoms with E-state index in [1.54, 1.807) is 17.8 Å². The van der Waals surface area contributed by atoms with Gasteiger partial charge < -0.3 is 13.9 Å². The second-order valence-electron chi connectivity index (χ2n) is 5.78. The largest absolute Gasteiger partial charge is 0.454 e. The summed E-state index contributed by atoms with van der Waals surface area (Å²) in [6.07, 6.45) is 0.433. The normalized spacial score (nSPS) is 12.2. The van der Waals surface area contributed by atoms with E-state index in [0.717, 1.165) is 22.0 Å². The number of aromatic nitrogens is 2. The Labute approximate surface area is 160 Å². The summed E-state index contributed by atoms with van der Waals surface area (Å²) < 4.78 is 16.2. The van der Waals surface area contributed by atoms with E-state index in [4.69, 9.17) is 13.9 Å². The van der Waals surface area contributed by atoms with Crippen molar-refractivity contribution in [3.63, 3.8) is 0 Å². The first-order valence-electron chi connectivity index (χ1n) is 8.46. The molecule has 1 amide bonds. The molecule has 3 aromatic rings. The van der Waals surface area contributed by atoms with Gasteiger partial charge in [-0.1, -0.05) is 24.2 Å². The lowest BCUT2D eigenvalue weighted by atomic mass is 10.1. The third-order valence-electron chi connectivity index (χ3n) is 3.89. The summed E-state index contributed by atoms with van der Waals surface area (Å²) in [6.45, 7) is 2.30. The number of benzene rings is 2. The van der Waals surface area contributed by atoms with E-state index in [2.05, 4.69) is 22.4 Å². The van der Waals surface area contributed by atoms with Crippen molar-refractivity contribution < 1.29 is 18.7 Å². The zero-order chi connectivity index (χ0) is 18.6. The Hall–Kier alpha value is -3.00. The van der Waals surface area contributed by atoms with Crippen molar-refractivity contribution in [1.82, 2.24) is 10.2 Å². The molecule has 2 heterocycles. The molecule has 8 heteroatoms. The van der Waals surface area contributed by atoms with E-state index in [-0.39, 0.29) is 18.7 Å². The molecule has 0 radical (unpaired) electrons. The third kappa shape index (κ3) is 4.06. The lowest BCUT2D eigenvalue weighted by Crippen LogP contribution is -2.12. The predicted octanol–water partition coefficient (Wildman–Crippen LogP) is 3.75. The molecule has 0 unspecified atom stereocenters. The molecule has 1 aliphatic heterocycles. The van der Waals surface area contributed by atoms with Gasteiger partial charge in [-0.05, 0) is 41.6 Å². The molecule has 1 aliphatic rings. The summed E-state index contributed by atoms with van der Waals surface area (Å²) in [4.78, 5) is 13.4. The van der Waals surface area contributed by atoms with E-state index in [9.17, 15) is 4.79 Å². The molecule has 27 heavy (non-hydrogen) atoms. The average Bonchev–Trinajstić information content (AvgIpc) is 3.31.